The Bertz CT molecular complexity index is 453. The molecule has 0 aliphatic carbocycles. The maximum Gasteiger partial charge on any atom is 0.416 e. The minimum absolute atomic E-state index is 0.0129. The van der Waals surface area contributed by atoms with Crippen molar-refractivity contribution in [3.63, 3.8) is 0 Å². The molecule has 0 saturated carbocycles. The summed E-state index contributed by atoms with van der Waals surface area (Å²) in [6.07, 6.45) is -2.07. The second-order valence-corrected chi connectivity index (χ2v) is 3.34. The van der Waals surface area contributed by atoms with Gasteiger partial charge in [0.1, 0.15) is 5.75 Å². The number of alkyl halides is 3. The van der Waals surface area contributed by atoms with Crippen molar-refractivity contribution < 1.29 is 23.1 Å². The predicted octanol–water partition coefficient (Wildman–Crippen LogP) is 2.30. The van der Waals surface area contributed by atoms with Crippen molar-refractivity contribution in [2.45, 2.75) is 12.6 Å². The average molecular weight is 245 g/mol. The highest BCUT2D eigenvalue weighted by Crippen LogP contribution is 2.32. The Labute approximate surface area is 95.4 Å². The van der Waals surface area contributed by atoms with Crippen LogP contribution < -0.4 is 5.73 Å². The van der Waals surface area contributed by atoms with Gasteiger partial charge in [0.2, 0.25) is 5.91 Å². The molecule has 0 radical (unpaired) electrons. The molecule has 0 atom stereocenters. The van der Waals surface area contributed by atoms with Gasteiger partial charge in [-0.3, -0.25) is 4.79 Å². The fraction of sp³-hybridized carbons (Fsp3) is 0.182. The van der Waals surface area contributed by atoms with Crippen LogP contribution >= 0.6 is 0 Å². The number of carbonyl (C=O) groups is 1. The van der Waals surface area contributed by atoms with E-state index in [1.807, 2.05) is 0 Å². The van der Waals surface area contributed by atoms with Gasteiger partial charge in [0.15, 0.2) is 0 Å². The summed E-state index contributed by atoms with van der Waals surface area (Å²) in [6, 6.07) is 2.53. The first-order valence-corrected chi connectivity index (χ1v) is 4.66. The van der Waals surface area contributed by atoms with Crippen LogP contribution in [0.4, 0.5) is 13.2 Å². The molecule has 0 aromatic heterocycles. The van der Waals surface area contributed by atoms with Crippen LogP contribution in [0.2, 0.25) is 0 Å². The number of amides is 1. The van der Waals surface area contributed by atoms with Crippen LogP contribution in [-0.2, 0) is 11.0 Å². The zero-order valence-electron chi connectivity index (χ0n) is 8.66. The van der Waals surface area contributed by atoms with Gasteiger partial charge in [-0.25, -0.2) is 0 Å². The molecule has 17 heavy (non-hydrogen) atoms. The SMILES string of the molecule is NC(=O)CC=Cc1cc(C(F)(F)F)ccc1O. The van der Waals surface area contributed by atoms with E-state index >= 15 is 0 Å². The number of carbonyl (C=O) groups excluding carboxylic acids is 1. The maximum absolute atomic E-state index is 12.4. The van der Waals surface area contributed by atoms with Crippen molar-refractivity contribution in [3.05, 3.63) is 35.4 Å². The molecule has 1 aromatic carbocycles. The number of hydrogen-bond acceptors (Lipinski definition) is 2. The Hall–Kier alpha value is -1.98. The number of rotatable bonds is 3. The average Bonchev–Trinajstić information content (AvgIpc) is 2.18. The molecule has 1 amide bonds. The number of primary amides is 1. The molecule has 0 aliphatic heterocycles. The fourth-order valence-corrected chi connectivity index (χ4v) is 1.17. The van der Waals surface area contributed by atoms with E-state index in [9.17, 15) is 23.1 Å². The molecule has 1 aromatic rings. The molecule has 1 rings (SSSR count). The van der Waals surface area contributed by atoms with Gasteiger partial charge < -0.3 is 10.8 Å². The zero-order chi connectivity index (χ0) is 13.1. The topological polar surface area (TPSA) is 63.3 Å². The van der Waals surface area contributed by atoms with E-state index < -0.39 is 17.6 Å². The molecule has 0 bridgehead atoms. The van der Waals surface area contributed by atoms with E-state index in [0.29, 0.717) is 0 Å². The number of hydrogen-bond donors (Lipinski definition) is 2. The number of phenolic OH excluding ortho intramolecular Hbond substituents is 1. The Kier molecular flexibility index (Phi) is 3.77. The van der Waals surface area contributed by atoms with E-state index in [1.54, 1.807) is 0 Å². The fourth-order valence-electron chi connectivity index (χ4n) is 1.17. The van der Waals surface area contributed by atoms with Gasteiger partial charge in [-0.15, -0.1) is 0 Å². The predicted molar refractivity (Wildman–Crippen MR) is 56.0 cm³/mol. The Morgan fingerprint density at radius 3 is 2.59 bits per heavy atom. The van der Waals surface area contributed by atoms with Crippen molar-refractivity contribution >= 4 is 12.0 Å². The van der Waals surface area contributed by atoms with Crippen LogP contribution in [-0.4, -0.2) is 11.0 Å². The lowest BCUT2D eigenvalue weighted by molar-refractivity contribution is -0.137. The van der Waals surface area contributed by atoms with Crippen molar-refractivity contribution in [1.82, 2.24) is 0 Å². The standard InChI is InChI=1S/C11H10F3NO2/c12-11(13,14)8-4-5-9(16)7(6-8)2-1-3-10(15)17/h1-2,4-6,16H,3H2,(H2,15,17). The molecule has 0 fully saturated rings. The molecule has 92 valence electrons. The number of aromatic hydroxyl groups is 1. The monoisotopic (exact) mass is 245 g/mol. The highest BCUT2D eigenvalue weighted by Gasteiger charge is 2.30. The quantitative estimate of drug-likeness (QED) is 0.858. The molecule has 0 spiro atoms. The highest BCUT2D eigenvalue weighted by atomic mass is 19.4. The summed E-state index contributed by atoms with van der Waals surface area (Å²) in [6.45, 7) is 0. The number of phenols is 1. The molecule has 0 heterocycles. The number of benzene rings is 1. The summed E-state index contributed by atoms with van der Waals surface area (Å²) in [4.78, 5) is 10.4. The zero-order valence-corrected chi connectivity index (χ0v) is 8.66. The van der Waals surface area contributed by atoms with Crippen molar-refractivity contribution in [2.24, 2.45) is 5.73 Å². The summed E-state index contributed by atoms with van der Waals surface area (Å²) in [5.41, 5.74) is 3.98. The Balaban J connectivity index is 2.99. The van der Waals surface area contributed by atoms with E-state index in [-0.39, 0.29) is 17.7 Å². The summed E-state index contributed by atoms with van der Waals surface area (Å²) in [5.74, 6) is -0.897. The lowest BCUT2D eigenvalue weighted by atomic mass is 10.1. The largest absolute Gasteiger partial charge is 0.507 e. The van der Waals surface area contributed by atoms with Gasteiger partial charge in [-0.2, -0.15) is 13.2 Å². The maximum atomic E-state index is 12.4. The van der Waals surface area contributed by atoms with E-state index in [0.717, 1.165) is 18.2 Å². The van der Waals surface area contributed by atoms with Gasteiger partial charge in [0, 0.05) is 12.0 Å². The molecule has 6 heteroatoms. The minimum Gasteiger partial charge on any atom is -0.507 e. The lowest BCUT2D eigenvalue weighted by Crippen LogP contribution is -2.08. The minimum atomic E-state index is -4.47. The Morgan fingerprint density at radius 1 is 1.41 bits per heavy atom. The molecule has 0 unspecified atom stereocenters. The van der Waals surface area contributed by atoms with Gasteiger partial charge in [-0.1, -0.05) is 12.2 Å². The van der Waals surface area contributed by atoms with Crippen LogP contribution in [0.1, 0.15) is 17.5 Å². The van der Waals surface area contributed by atoms with Gasteiger partial charge in [0.25, 0.3) is 0 Å². The van der Waals surface area contributed by atoms with Crippen molar-refractivity contribution in [2.75, 3.05) is 0 Å². The van der Waals surface area contributed by atoms with Crippen molar-refractivity contribution in [1.29, 1.82) is 0 Å². The third kappa shape index (κ3) is 3.82. The first kappa shape index (κ1) is 13.1. The Morgan fingerprint density at radius 2 is 2.06 bits per heavy atom. The highest BCUT2D eigenvalue weighted by molar-refractivity contribution is 5.76. The first-order chi connectivity index (χ1) is 7.80. The van der Waals surface area contributed by atoms with Gasteiger partial charge in [0.05, 0.1) is 5.56 Å². The molecule has 3 N–H and O–H groups in total. The molecule has 0 aliphatic rings. The third-order valence-electron chi connectivity index (χ3n) is 1.97. The van der Waals surface area contributed by atoms with E-state index in [2.05, 4.69) is 0 Å². The number of nitrogens with two attached hydrogens (primary N) is 1. The van der Waals surface area contributed by atoms with Crippen LogP contribution in [0.3, 0.4) is 0 Å². The van der Waals surface area contributed by atoms with E-state index in [4.69, 9.17) is 5.73 Å². The lowest BCUT2D eigenvalue weighted by Gasteiger charge is -2.08. The summed E-state index contributed by atoms with van der Waals surface area (Å²) < 4.78 is 37.1. The smallest absolute Gasteiger partial charge is 0.416 e. The molecule has 3 nitrogen and oxygen atoms in total. The van der Waals surface area contributed by atoms with Gasteiger partial charge in [-0.05, 0) is 18.2 Å². The van der Waals surface area contributed by atoms with Gasteiger partial charge >= 0.3 is 6.18 Å². The summed E-state index contributed by atoms with van der Waals surface area (Å²) >= 11 is 0. The van der Waals surface area contributed by atoms with Crippen LogP contribution in [0.15, 0.2) is 24.3 Å². The van der Waals surface area contributed by atoms with E-state index in [1.165, 1.54) is 12.2 Å². The molecule has 0 saturated heterocycles. The second-order valence-electron chi connectivity index (χ2n) is 3.34. The van der Waals surface area contributed by atoms with Crippen LogP contribution in [0.5, 0.6) is 5.75 Å². The molecular weight excluding hydrogens is 235 g/mol. The molecular formula is C11H10F3NO2. The van der Waals surface area contributed by atoms with Crippen molar-refractivity contribution in [3.8, 4) is 5.75 Å². The summed E-state index contributed by atoms with van der Waals surface area (Å²) in [7, 11) is 0. The normalized spacial score (nSPS) is 11.9. The van der Waals surface area contributed by atoms with Crippen LogP contribution in [0.25, 0.3) is 6.08 Å². The second kappa shape index (κ2) is 4.90. The first-order valence-electron chi connectivity index (χ1n) is 4.66. The summed E-state index contributed by atoms with van der Waals surface area (Å²) in [5, 5.41) is 9.33. The van der Waals surface area contributed by atoms with Crippen LogP contribution in [0, 0.1) is 0 Å². The number of halogens is 3. The third-order valence-corrected chi connectivity index (χ3v) is 1.97.